The Morgan fingerprint density at radius 2 is 2.05 bits per heavy atom. The maximum absolute atomic E-state index is 12.4. The number of benzene rings is 1. The standard InChI is InChI=1S/C13H16ClNO4S/c1-19-12-5-4-10(6-11(12)14)20(17,18)15-7-13(16,8-15)9-2-3-9/h4-6,9,16H,2-3,7-8H2,1H3. The Balaban J connectivity index is 1.81. The minimum Gasteiger partial charge on any atom is -0.495 e. The molecule has 5 nitrogen and oxygen atoms in total. The summed E-state index contributed by atoms with van der Waals surface area (Å²) in [6.45, 7) is 0.341. The van der Waals surface area contributed by atoms with Gasteiger partial charge in [0, 0.05) is 13.1 Å². The third kappa shape index (κ3) is 2.20. The fraction of sp³-hybridized carbons (Fsp3) is 0.538. The SMILES string of the molecule is COc1ccc(S(=O)(=O)N2CC(O)(C3CC3)C2)cc1Cl. The van der Waals surface area contributed by atoms with E-state index in [2.05, 4.69) is 0 Å². The van der Waals surface area contributed by atoms with Gasteiger partial charge in [0.05, 0.1) is 22.6 Å². The van der Waals surface area contributed by atoms with Crippen LogP contribution in [0.3, 0.4) is 0 Å². The van der Waals surface area contributed by atoms with Crippen LogP contribution in [0.1, 0.15) is 12.8 Å². The fourth-order valence-corrected chi connectivity index (χ4v) is 4.48. The van der Waals surface area contributed by atoms with Crippen LogP contribution in [0.5, 0.6) is 5.75 Å². The van der Waals surface area contributed by atoms with Gasteiger partial charge in [-0.2, -0.15) is 4.31 Å². The van der Waals surface area contributed by atoms with E-state index < -0.39 is 15.6 Å². The average molecular weight is 318 g/mol. The molecule has 1 saturated carbocycles. The quantitative estimate of drug-likeness (QED) is 0.913. The van der Waals surface area contributed by atoms with E-state index in [1.54, 1.807) is 0 Å². The van der Waals surface area contributed by atoms with Crippen molar-refractivity contribution in [2.75, 3.05) is 20.2 Å². The monoisotopic (exact) mass is 317 g/mol. The Labute approximate surface area is 123 Å². The van der Waals surface area contributed by atoms with Gasteiger partial charge in [-0.15, -0.1) is 0 Å². The molecule has 1 aliphatic carbocycles. The highest BCUT2D eigenvalue weighted by molar-refractivity contribution is 7.89. The Morgan fingerprint density at radius 3 is 2.55 bits per heavy atom. The summed E-state index contributed by atoms with van der Waals surface area (Å²) in [7, 11) is -2.12. The number of rotatable bonds is 4. The summed E-state index contributed by atoms with van der Waals surface area (Å²) >= 11 is 5.96. The fourth-order valence-electron chi connectivity index (χ4n) is 2.57. The topological polar surface area (TPSA) is 66.8 Å². The Hall–Kier alpha value is -0.820. The van der Waals surface area contributed by atoms with Crippen LogP contribution >= 0.6 is 11.6 Å². The van der Waals surface area contributed by atoms with Gasteiger partial charge in [0.15, 0.2) is 0 Å². The van der Waals surface area contributed by atoms with Crippen molar-refractivity contribution in [3.05, 3.63) is 23.2 Å². The highest BCUT2D eigenvalue weighted by Crippen LogP contribution is 2.46. The number of ether oxygens (including phenoxy) is 1. The first-order valence-corrected chi connectivity index (χ1v) is 8.25. The molecular weight excluding hydrogens is 302 g/mol. The molecule has 1 aromatic rings. The van der Waals surface area contributed by atoms with Gasteiger partial charge < -0.3 is 9.84 Å². The number of halogens is 1. The molecule has 7 heteroatoms. The van der Waals surface area contributed by atoms with Crippen LogP contribution in [0.25, 0.3) is 0 Å². The molecule has 1 aromatic carbocycles. The molecule has 110 valence electrons. The molecule has 1 N–H and O–H groups in total. The van der Waals surface area contributed by atoms with Crippen molar-refractivity contribution in [1.82, 2.24) is 4.31 Å². The lowest BCUT2D eigenvalue weighted by atomic mass is 9.91. The molecule has 2 aliphatic rings. The Kier molecular flexibility index (Phi) is 3.25. The first-order chi connectivity index (χ1) is 9.37. The van der Waals surface area contributed by atoms with Crippen LogP contribution in [0, 0.1) is 5.92 Å². The molecule has 2 fully saturated rings. The average Bonchev–Trinajstić information content (AvgIpc) is 3.19. The van der Waals surface area contributed by atoms with E-state index in [9.17, 15) is 13.5 Å². The molecule has 0 atom stereocenters. The van der Waals surface area contributed by atoms with Crippen LogP contribution < -0.4 is 4.74 Å². The zero-order valence-electron chi connectivity index (χ0n) is 11.0. The van der Waals surface area contributed by atoms with Crippen molar-refractivity contribution < 1.29 is 18.3 Å². The van der Waals surface area contributed by atoms with Gasteiger partial charge in [0.1, 0.15) is 5.75 Å². The predicted octanol–water partition coefficient (Wildman–Crippen LogP) is 1.49. The third-order valence-corrected chi connectivity index (χ3v) is 6.08. The summed E-state index contributed by atoms with van der Waals surface area (Å²) in [5.74, 6) is 0.692. The lowest BCUT2D eigenvalue weighted by molar-refractivity contribution is -0.0764. The van der Waals surface area contributed by atoms with Gasteiger partial charge in [-0.1, -0.05) is 11.6 Å². The highest BCUT2D eigenvalue weighted by Gasteiger charge is 2.55. The van der Waals surface area contributed by atoms with E-state index >= 15 is 0 Å². The maximum atomic E-state index is 12.4. The molecule has 0 bridgehead atoms. The van der Waals surface area contributed by atoms with Gasteiger partial charge in [-0.3, -0.25) is 0 Å². The van der Waals surface area contributed by atoms with Crippen LogP contribution in [-0.4, -0.2) is 43.6 Å². The van der Waals surface area contributed by atoms with E-state index in [1.807, 2.05) is 0 Å². The van der Waals surface area contributed by atoms with Crippen molar-refractivity contribution >= 4 is 21.6 Å². The Morgan fingerprint density at radius 1 is 1.40 bits per heavy atom. The van der Waals surface area contributed by atoms with Crippen molar-refractivity contribution in [2.24, 2.45) is 5.92 Å². The summed E-state index contributed by atoms with van der Waals surface area (Å²) < 4.78 is 31.1. The molecule has 20 heavy (non-hydrogen) atoms. The molecule has 1 saturated heterocycles. The van der Waals surface area contributed by atoms with Crippen molar-refractivity contribution in [3.63, 3.8) is 0 Å². The minimum absolute atomic E-state index is 0.126. The number of hydrogen-bond acceptors (Lipinski definition) is 4. The molecular formula is C13H16ClNO4S. The Bertz CT molecular complexity index is 636. The molecule has 0 aromatic heterocycles. The van der Waals surface area contributed by atoms with E-state index in [0.717, 1.165) is 12.8 Å². The number of aliphatic hydroxyl groups is 1. The second kappa shape index (κ2) is 4.59. The highest BCUT2D eigenvalue weighted by atomic mass is 35.5. The number of sulfonamides is 1. The second-order valence-electron chi connectivity index (χ2n) is 5.45. The molecule has 0 unspecified atom stereocenters. The summed E-state index contributed by atoms with van der Waals surface area (Å²) in [5, 5.41) is 10.5. The first kappa shape index (κ1) is 14.1. The number of hydrogen-bond donors (Lipinski definition) is 1. The summed E-state index contributed by atoms with van der Waals surface area (Å²) in [6, 6.07) is 4.38. The minimum atomic E-state index is -3.59. The third-order valence-electron chi connectivity index (χ3n) is 4.00. The molecule has 1 heterocycles. The first-order valence-electron chi connectivity index (χ1n) is 6.43. The number of nitrogens with zero attached hydrogens (tertiary/aromatic N) is 1. The van der Waals surface area contributed by atoms with Crippen LogP contribution in [-0.2, 0) is 10.0 Å². The smallest absolute Gasteiger partial charge is 0.243 e. The maximum Gasteiger partial charge on any atom is 0.243 e. The molecule has 0 radical (unpaired) electrons. The van der Waals surface area contributed by atoms with Crippen LogP contribution in [0.15, 0.2) is 23.1 Å². The molecule has 3 rings (SSSR count). The molecule has 1 aliphatic heterocycles. The zero-order valence-corrected chi connectivity index (χ0v) is 12.6. The van der Waals surface area contributed by atoms with E-state index in [-0.39, 0.29) is 28.9 Å². The van der Waals surface area contributed by atoms with Crippen LogP contribution in [0.2, 0.25) is 5.02 Å². The molecule has 0 amide bonds. The van der Waals surface area contributed by atoms with Gasteiger partial charge >= 0.3 is 0 Å². The van der Waals surface area contributed by atoms with Crippen molar-refractivity contribution in [2.45, 2.75) is 23.3 Å². The van der Waals surface area contributed by atoms with E-state index in [4.69, 9.17) is 16.3 Å². The van der Waals surface area contributed by atoms with Gasteiger partial charge in [-0.05, 0) is 37.0 Å². The summed E-state index contributed by atoms with van der Waals surface area (Å²) in [5.41, 5.74) is -0.830. The predicted molar refractivity (Wildman–Crippen MR) is 74.4 cm³/mol. The number of methoxy groups -OCH3 is 1. The van der Waals surface area contributed by atoms with Gasteiger partial charge in [0.25, 0.3) is 0 Å². The van der Waals surface area contributed by atoms with E-state index in [1.165, 1.54) is 29.6 Å². The number of β-amino-alcohol motifs (C(OH)–C–C–N with tert-alkyl or cyclic N) is 1. The second-order valence-corrected chi connectivity index (χ2v) is 7.79. The van der Waals surface area contributed by atoms with Crippen molar-refractivity contribution in [3.8, 4) is 5.75 Å². The van der Waals surface area contributed by atoms with Crippen molar-refractivity contribution in [1.29, 1.82) is 0 Å². The van der Waals surface area contributed by atoms with Gasteiger partial charge in [0.2, 0.25) is 10.0 Å². The van der Waals surface area contributed by atoms with Crippen LogP contribution in [0.4, 0.5) is 0 Å². The summed E-state index contributed by atoms with van der Waals surface area (Å²) in [4.78, 5) is 0.126. The normalized spacial score (nSPS) is 22.4. The lowest BCUT2D eigenvalue weighted by Crippen LogP contribution is -2.64. The molecule has 0 spiro atoms. The van der Waals surface area contributed by atoms with E-state index in [0.29, 0.717) is 5.75 Å². The zero-order chi connectivity index (χ0) is 14.5. The largest absolute Gasteiger partial charge is 0.495 e. The summed E-state index contributed by atoms with van der Waals surface area (Å²) in [6.07, 6.45) is 1.97. The lowest BCUT2D eigenvalue weighted by Gasteiger charge is -2.45. The van der Waals surface area contributed by atoms with Gasteiger partial charge in [-0.25, -0.2) is 8.42 Å².